The number of para-hydroxylation sites is 2. The number of benzene rings is 2. The minimum atomic E-state index is -5.22. The monoisotopic (exact) mass is 457 g/mol. The Morgan fingerprint density at radius 3 is 2.06 bits per heavy atom. The van der Waals surface area contributed by atoms with Crippen LogP contribution in [0, 0.1) is 0 Å². The number of nitrogens with zero attached hydrogens (tertiary/aromatic N) is 4. The molecule has 0 aliphatic heterocycles. The summed E-state index contributed by atoms with van der Waals surface area (Å²) in [5, 5.41) is 0. The summed E-state index contributed by atoms with van der Waals surface area (Å²) in [7, 11) is -5.22. The highest BCUT2D eigenvalue weighted by Gasteiger charge is 2.57. The summed E-state index contributed by atoms with van der Waals surface area (Å²) in [5.41, 5.74) is 3.64. The second-order valence-corrected chi connectivity index (χ2v) is 8.33. The lowest BCUT2D eigenvalue weighted by atomic mass is 10.3. The summed E-state index contributed by atoms with van der Waals surface area (Å²) in [5.74, 6) is 0.408. The van der Waals surface area contributed by atoms with Crippen molar-refractivity contribution in [2.75, 3.05) is 5.73 Å². The van der Waals surface area contributed by atoms with Crippen LogP contribution in [0.2, 0.25) is 0 Å². The summed E-state index contributed by atoms with van der Waals surface area (Å²) in [6, 6.07) is 16.1. The standard InChI is InChI=1S/C20H20N5O6P/c1-14(25-13-24-17-18(21)22-12-23-19(17)25)29-20(32(26,27)28,30-15-8-4-2-5-9-15)31-16-10-6-3-7-11-16/h2-14H,1H3,(H2,21,22,23)(H2,26,27,28). The van der Waals surface area contributed by atoms with Gasteiger partial charge in [-0.15, -0.1) is 0 Å². The maximum absolute atomic E-state index is 12.7. The molecule has 0 radical (unpaired) electrons. The van der Waals surface area contributed by atoms with E-state index in [9.17, 15) is 14.4 Å². The highest BCUT2D eigenvalue weighted by molar-refractivity contribution is 7.52. The van der Waals surface area contributed by atoms with Crippen LogP contribution < -0.4 is 15.2 Å². The van der Waals surface area contributed by atoms with Gasteiger partial charge in [-0.25, -0.2) is 19.5 Å². The molecule has 4 N–H and O–H groups in total. The van der Waals surface area contributed by atoms with E-state index in [1.807, 2.05) is 0 Å². The molecule has 11 nitrogen and oxygen atoms in total. The Bertz CT molecular complexity index is 1210. The van der Waals surface area contributed by atoms with Crippen molar-refractivity contribution in [3.63, 3.8) is 0 Å². The van der Waals surface area contributed by atoms with Gasteiger partial charge in [-0.1, -0.05) is 36.4 Å². The van der Waals surface area contributed by atoms with Crippen molar-refractivity contribution in [3.05, 3.63) is 73.3 Å². The fourth-order valence-electron chi connectivity index (χ4n) is 2.94. The molecule has 0 aliphatic rings. The lowest BCUT2D eigenvalue weighted by Crippen LogP contribution is -2.46. The molecule has 12 heteroatoms. The van der Waals surface area contributed by atoms with E-state index in [2.05, 4.69) is 15.0 Å². The molecule has 0 saturated heterocycles. The Labute approximate surface area is 182 Å². The molecule has 166 valence electrons. The van der Waals surface area contributed by atoms with Crippen molar-refractivity contribution in [3.8, 4) is 11.5 Å². The molecule has 0 bridgehead atoms. The molecular formula is C20H20N5O6P. The number of nitrogen functional groups attached to an aromatic ring is 1. The zero-order valence-corrected chi connectivity index (χ0v) is 17.7. The van der Waals surface area contributed by atoms with E-state index < -0.39 is 19.5 Å². The van der Waals surface area contributed by atoms with E-state index in [4.69, 9.17) is 19.9 Å². The molecule has 2 heterocycles. The van der Waals surface area contributed by atoms with Crippen LogP contribution in [-0.2, 0) is 9.30 Å². The van der Waals surface area contributed by atoms with Crippen LogP contribution in [0.4, 0.5) is 5.82 Å². The van der Waals surface area contributed by atoms with Crippen molar-refractivity contribution < 1.29 is 28.6 Å². The molecule has 1 unspecified atom stereocenters. The molecule has 4 aromatic rings. The quantitative estimate of drug-likeness (QED) is 0.266. The van der Waals surface area contributed by atoms with E-state index in [0.29, 0.717) is 11.2 Å². The van der Waals surface area contributed by atoms with Gasteiger partial charge in [0, 0.05) is 0 Å². The fourth-order valence-corrected chi connectivity index (χ4v) is 3.68. The van der Waals surface area contributed by atoms with Crippen molar-refractivity contribution in [2.24, 2.45) is 0 Å². The Morgan fingerprint density at radius 2 is 1.53 bits per heavy atom. The molecular weight excluding hydrogens is 437 g/mol. The Morgan fingerprint density at radius 1 is 0.969 bits per heavy atom. The second kappa shape index (κ2) is 8.56. The third-order valence-electron chi connectivity index (χ3n) is 4.44. The van der Waals surface area contributed by atoms with Gasteiger partial charge in [0.1, 0.15) is 29.6 Å². The Hall–Kier alpha value is -3.50. The maximum atomic E-state index is 12.7. The largest absolute Gasteiger partial charge is 0.480 e. The van der Waals surface area contributed by atoms with Gasteiger partial charge in [0.15, 0.2) is 11.5 Å². The van der Waals surface area contributed by atoms with Crippen LogP contribution in [-0.4, -0.2) is 35.0 Å². The van der Waals surface area contributed by atoms with Crippen LogP contribution in [0.3, 0.4) is 0 Å². The van der Waals surface area contributed by atoms with E-state index in [-0.39, 0.29) is 17.3 Å². The predicted molar refractivity (Wildman–Crippen MR) is 114 cm³/mol. The molecule has 0 saturated carbocycles. The number of ether oxygens (including phenoxy) is 3. The fraction of sp³-hybridized carbons (Fsp3) is 0.150. The highest BCUT2D eigenvalue weighted by Crippen LogP contribution is 2.54. The number of imidazole rings is 1. The van der Waals surface area contributed by atoms with Crippen LogP contribution in [0.1, 0.15) is 13.2 Å². The molecule has 0 amide bonds. The van der Waals surface area contributed by atoms with Gasteiger partial charge < -0.3 is 25.0 Å². The van der Waals surface area contributed by atoms with Crippen molar-refractivity contribution in [1.29, 1.82) is 0 Å². The van der Waals surface area contributed by atoms with Gasteiger partial charge in [-0.2, -0.15) is 0 Å². The molecule has 2 aromatic carbocycles. The van der Waals surface area contributed by atoms with E-state index in [0.717, 1.165) is 0 Å². The summed E-state index contributed by atoms with van der Waals surface area (Å²) < 4.78 is 31.3. The van der Waals surface area contributed by atoms with E-state index in [1.165, 1.54) is 48.4 Å². The molecule has 0 spiro atoms. The number of nitrogens with two attached hydrogens (primary N) is 1. The van der Waals surface area contributed by atoms with Crippen LogP contribution in [0.15, 0.2) is 73.3 Å². The van der Waals surface area contributed by atoms with Crippen LogP contribution in [0.5, 0.6) is 11.5 Å². The summed E-state index contributed by atoms with van der Waals surface area (Å²) in [6.45, 7) is 1.53. The van der Waals surface area contributed by atoms with Gasteiger partial charge >= 0.3 is 13.3 Å². The molecule has 4 rings (SSSR count). The number of hydrogen-bond donors (Lipinski definition) is 3. The maximum Gasteiger partial charge on any atom is 0.480 e. The number of hydrogen-bond acceptors (Lipinski definition) is 8. The summed E-state index contributed by atoms with van der Waals surface area (Å²) >= 11 is 0. The first-order chi connectivity index (χ1) is 15.3. The van der Waals surface area contributed by atoms with E-state index >= 15 is 0 Å². The molecule has 1 atom stereocenters. The lowest BCUT2D eigenvalue weighted by molar-refractivity contribution is -0.282. The number of aromatic nitrogens is 4. The van der Waals surface area contributed by atoms with Crippen molar-refractivity contribution in [2.45, 2.75) is 18.9 Å². The third-order valence-corrected chi connectivity index (χ3v) is 5.44. The average molecular weight is 457 g/mol. The summed E-state index contributed by atoms with van der Waals surface area (Å²) in [6.07, 6.45) is 1.57. The van der Waals surface area contributed by atoms with Crippen molar-refractivity contribution in [1.82, 2.24) is 19.5 Å². The summed E-state index contributed by atoms with van der Waals surface area (Å²) in [4.78, 5) is 32.8. The van der Waals surface area contributed by atoms with Gasteiger partial charge in [0.2, 0.25) is 0 Å². The molecule has 32 heavy (non-hydrogen) atoms. The van der Waals surface area contributed by atoms with Crippen molar-refractivity contribution >= 4 is 24.6 Å². The molecule has 2 aromatic heterocycles. The molecule has 0 fully saturated rings. The average Bonchev–Trinajstić information content (AvgIpc) is 3.20. The first-order valence-electron chi connectivity index (χ1n) is 9.44. The Kier molecular flexibility index (Phi) is 5.81. The van der Waals surface area contributed by atoms with Gasteiger partial charge in [0.25, 0.3) is 0 Å². The van der Waals surface area contributed by atoms with Crippen LogP contribution in [0.25, 0.3) is 11.2 Å². The van der Waals surface area contributed by atoms with E-state index in [1.54, 1.807) is 36.4 Å². The molecule has 0 aliphatic carbocycles. The predicted octanol–water partition coefficient (Wildman–Crippen LogP) is 2.89. The SMILES string of the molecule is CC(OC(Oc1ccccc1)(Oc1ccccc1)P(=O)(O)O)n1cnc2c(N)ncnc21. The topological polar surface area (TPSA) is 155 Å². The zero-order valence-electron chi connectivity index (χ0n) is 16.8. The lowest BCUT2D eigenvalue weighted by Gasteiger charge is -2.35. The normalized spacial score (nSPS) is 13.1. The number of anilines is 1. The number of rotatable bonds is 8. The first kappa shape index (κ1) is 21.7. The zero-order chi connectivity index (χ0) is 22.8. The highest BCUT2D eigenvalue weighted by atomic mass is 31.2. The minimum absolute atomic E-state index is 0.126. The minimum Gasteiger partial charge on any atom is -0.421 e. The first-order valence-corrected chi connectivity index (χ1v) is 11.0. The van der Waals surface area contributed by atoms with Gasteiger partial charge in [0.05, 0.1) is 6.33 Å². The number of fused-ring (bicyclic) bond motifs is 1. The van der Waals surface area contributed by atoms with Gasteiger partial charge in [-0.05, 0) is 31.2 Å². The van der Waals surface area contributed by atoms with Gasteiger partial charge in [-0.3, -0.25) is 9.30 Å². The second-order valence-electron chi connectivity index (χ2n) is 6.70. The Balaban J connectivity index is 1.78. The van der Waals surface area contributed by atoms with Crippen LogP contribution >= 0.6 is 7.60 Å². The smallest absolute Gasteiger partial charge is 0.421 e. The third kappa shape index (κ3) is 4.27.